The fourth-order valence-electron chi connectivity index (χ4n) is 2.80. The molecule has 0 saturated carbocycles. The highest BCUT2D eigenvalue weighted by Gasteiger charge is 2.18. The summed E-state index contributed by atoms with van der Waals surface area (Å²) < 4.78 is 0. The van der Waals surface area contributed by atoms with Gasteiger partial charge in [-0.2, -0.15) is 0 Å². The molecule has 0 fully saturated rings. The minimum atomic E-state index is -0.910. The Labute approximate surface area is 142 Å². The van der Waals surface area contributed by atoms with Crippen LogP contribution >= 0.6 is 0 Å². The summed E-state index contributed by atoms with van der Waals surface area (Å²) in [6.45, 7) is 1.71. The van der Waals surface area contributed by atoms with Crippen molar-refractivity contribution in [2.75, 3.05) is 0 Å². The van der Waals surface area contributed by atoms with E-state index >= 15 is 0 Å². The van der Waals surface area contributed by atoms with Gasteiger partial charge in [0.05, 0.1) is 6.42 Å². The van der Waals surface area contributed by atoms with Crippen LogP contribution in [0.5, 0.6) is 0 Å². The monoisotopic (exact) mass is 325 g/mol. The SMILES string of the molecule is CC(CC(=O)O)NC(=O)CC(Cc1ccccc1)c1ccccc1. The van der Waals surface area contributed by atoms with Crippen molar-refractivity contribution >= 4 is 11.9 Å². The Bertz CT molecular complexity index is 655. The molecule has 2 unspecified atom stereocenters. The minimum absolute atomic E-state index is 0.0608. The lowest BCUT2D eigenvalue weighted by molar-refractivity contribution is -0.137. The molecular formula is C20H23NO3. The molecule has 0 saturated heterocycles. The number of hydrogen-bond donors (Lipinski definition) is 2. The van der Waals surface area contributed by atoms with Gasteiger partial charge in [0.1, 0.15) is 0 Å². The molecular weight excluding hydrogens is 302 g/mol. The Kier molecular flexibility index (Phi) is 6.55. The smallest absolute Gasteiger partial charge is 0.305 e. The molecule has 0 radical (unpaired) electrons. The van der Waals surface area contributed by atoms with E-state index < -0.39 is 5.97 Å². The molecule has 1 amide bonds. The van der Waals surface area contributed by atoms with Crippen molar-refractivity contribution in [1.82, 2.24) is 5.32 Å². The summed E-state index contributed by atoms with van der Waals surface area (Å²) in [5.41, 5.74) is 2.29. The Morgan fingerprint density at radius 1 is 0.958 bits per heavy atom. The number of rotatable bonds is 8. The third-order valence-corrected chi connectivity index (χ3v) is 3.92. The van der Waals surface area contributed by atoms with Crippen LogP contribution in [0.25, 0.3) is 0 Å². The molecule has 4 nitrogen and oxygen atoms in total. The number of carbonyl (C=O) groups excluding carboxylic acids is 1. The predicted molar refractivity (Wildman–Crippen MR) is 93.8 cm³/mol. The highest BCUT2D eigenvalue weighted by atomic mass is 16.4. The lowest BCUT2D eigenvalue weighted by atomic mass is 9.89. The summed E-state index contributed by atoms with van der Waals surface area (Å²) in [6, 6.07) is 19.7. The van der Waals surface area contributed by atoms with E-state index in [1.807, 2.05) is 48.5 Å². The third kappa shape index (κ3) is 5.88. The lowest BCUT2D eigenvalue weighted by Crippen LogP contribution is -2.35. The van der Waals surface area contributed by atoms with Gasteiger partial charge in [0, 0.05) is 12.5 Å². The fraction of sp³-hybridized carbons (Fsp3) is 0.300. The molecule has 0 aliphatic heterocycles. The van der Waals surface area contributed by atoms with Crippen LogP contribution in [0.15, 0.2) is 60.7 Å². The van der Waals surface area contributed by atoms with E-state index in [2.05, 4.69) is 17.4 Å². The molecule has 0 heterocycles. The first-order valence-electron chi connectivity index (χ1n) is 8.14. The number of aliphatic carboxylic acids is 1. The second-order valence-electron chi connectivity index (χ2n) is 6.07. The van der Waals surface area contributed by atoms with E-state index in [-0.39, 0.29) is 24.3 Å². The predicted octanol–water partition coefficient (Wildman–Crippen LogP) is 3.38. The Hall–Kier alpha value is -2.62. The summed E-state index contributed by atoms with van der Waals surface area (Å²) in [6.07, 6.45) is 1.04. The van der Waals surface area contributed by atoms with Crippen molar-refractivity contribution in [2.24, 2.45) is 0 Å². The molecule has 4 heteroatoms. The summed E-state index contributed by atoms with van der Waals surface area (Å²) in [5.74, 6) is -0.967. The molecule has 126 valence electrons. The molecule has 0 aliphatic carbocycles. The van der Waals surface area contributed by atoms with Gasteiger partial charge < -0.3 is 10.4 Å². The van der Waals surface area contributed by atoms with Crippen LogP contribution in [0.4, 0.5) is 0 Å². The highest BCUT2D eigenvalue weighted by Crippen LogP contribution is 2.24. The zero-order valence-electron chi connectivity index (χ0n) is 13.8. The van der Waals surface area contributed by atoms with Crippen LogP contribution in [0.2, 0.25) is 0 Å². The number of hydrogen-bond acceptors (Lipinski definition) is 2. The first kappa shape index (κ1) is 17.7. The van der Waals surface area contributed by atoms with E-state index in [1.54, 1.807) is 6.92 Å². The Morgan fingerprint density at radius 2 is 1.54 bits per heavy atom. The standard InChI is InChI=1S/C20H23NO3/c1-15(12-20(23)24)21-19(22)14-18(17-10-6-3-7-11-17)13-16-8-4-2-5-9-16/h2-11,15,18H,12-14H2,1H3,(H,21,22)(H,23,24). The molecule has 0 bridgehead atoms. The van der Waals surface area contributed by atoms with Crippen molar-refractivity contribution in [1.29, 1.82) is 0 Å². The second kappa shape index (κ2) is 8.87. The molecule has 2 N–H and O–H groups in total. The first-order chi connectivity index (χ1) is 11.5. The van der Waals surface area contributed by atoms with Gasteiger partial charge >= 0.3 is 5.97 Å². The molecule has 2 atom stereocenters. The normalized spacial score (nSPS) is 13.0. The largest absolute Gasteiger partial charge is 0.481 e. The average Bonchev–Trinajstić information content (AvgIpc) is 2.55. The van der Waals surface area contributed by atoms with Crippen LogP contribution < -0.4 is 5.32 Å². The van der Waals surface area contributed by atoms with Crippen molar-refractivity contribution in [2.45, 2.75) is 38.1 Å². The Morgan fingerprint density at radius 3 is 2.12 bits per heavy atom. The molecule has 24 heavy (non-hydrogen) atoms. The molecule has 0 aliphatic rings. The quantitative estimate of drug-likeness (QED) is 0.782. The molecule has 2 aromatic rings. The van der Waals surface area contributed by atoms with Crippen LogP contribution in [-0.4, -0.2) is 23.0 Å². The van der Waals surface area contributed by atoms with Gasteiger partial charge in [-0.15, -0.1) is 0 Å². The number of amides is 1. The summed E-state index contributed by atoms with van der Waals surface area (Å²) >= 11 is 0. The van der Waals surface area contributed by atoms with E-state index in [0.29, 0.717) is 6.42 Å². The van der Waals surface area contributed by atoms with E-state index in [9.17, 15) is 9.59 Å². The van der Waals surface area contributed by atoms with Gasteiger partial charge in [-0.3, -0.25) is 9.59 Å². The zero-order chi connectivity index (χ0) is 17.4. The molecule has 0 spiro atoms. The first-order valence-corrected chi connectivity index (χ1v) is 8.14. The van der Waals surface area contributed by atoms with Gasteiger partial charge in [-0.25, -0.2) is 0 Å². The zero-order valence-corrected chi connectivity index (χ0v) is 13.8. The molecule has 0 aromatic heterocycles. The van der Waals surface area contributed by atoms with Gasteiger partial charge in [-0.1, -0.05) is 60.7 Å². The summed E-state index contributed by atoms with van der Waals surface area (Å²) in [7, 11) is 0. The van der Waals surface area contributed by atoms with Gasteiger partial charge in [0.2, 0.25) is 5.91 Å². The number of carboxylic acid groups (broad SMARTS) is 1. The van der Waals surface area contributed by atoms with E-state index in [1.165, 1.54) is 5.56 Å². The maximum absolute atomic E-state index is 12.3. The molecule has 2 rings (SSSR count). The maximum atomic E-state index is 12.3. The van der Waals surface area contributed by atoms with Gasteiger partial charge in [0.15, 0.2) is 0 Å². The third-order valence-electron chi connectivity index (χ3n) is 3.92. The van der Waals surface area contributed by atoms with Crippen molar-refractivity contribution in [3.05, 3.63) is 71.8 Å². The number of carboxylic acids is 1. The molecule has 2 aromatic carbocycles. The lowest BCUT2D eigenvalue weighted by Gasteiger charge is -2.19. The topological polar surface area (TPSA) is 66.4 Å². The van der Waals surface area contributed by atoms with Crippen molar-refractivity contribution in [3.63, 3.8) is 0 Å². The second-order valence-corrected chi connectivity index (χ2v) is 6.07. The van der Waals surface area contributed by atoms with Crippen LogP contribution in [0.1, 0.15) is 36.8 Å². The van der Waals surface area contributed by atoms with Gasteiger partial charge in [-0.05, 0) is 30.4 Å². The van der Waals surface area contributed by atoms with E-state index in [4.69, 9.17) is 5.11 Å². The average molecular weight is 325 g/mol. The number of nitrogens with one attached hydrogen (secondary N) is 1. The van der Waals surface area contributed by atoms with Crippen LogP contribution in [-0.2, 0) is 16.0 Å². The highest BCUT2D eigenvalue weighted by molar-refractivity contribution is 5.78. The van der Waals surface area contributed by atoms with Crippen molar-refractivity contribution in [3.8, 4) is 0 Å². The Balaban J connectivity index is 2.06. The summed E-state index contributed by atoms with van der Waals surface area (Å²) in [5, 5.41) is 11.6. The summed E-state index contributed by atoms with van der Waals surface area (Å²) in [4.78, 5) is 23.0. The van der Waals surface area contributed by atoms with Gasteiger partial charge in [0.25, 0.3) is 0 Å². The fourth-order valence-corrected chi connectivity index (χ4v) is 2.80. The van der Waals surface area contributed by atoms with Crippen molar-refractivity contribution < 1.29 is 14.7 Å². The maximum Gasteiger partial charge on any atom is 0.305 e. The van der Waals surface area contributed by atoms with Crippen LogP contribution in [0, 0.1) is 0 Å². The number of benzene rings is 2. The van der Waals surface area contributed by atoms with Crippen LogP contribution in [0.3, 0.4) is 0 Å². The minimum Gasteiger partial charge on any atom is -0.481 e. The van der Waals surface area contributed by atoms with E-state index in [0.717, 1.165) is 12.0 Å². The number of carbonyl (C=O) groups is 2.